The molecule has 0 amide bonds. The van der Waals surface area contributed by atoms with Crippen LogP contribution in [-0.4, -0.2) is 16.4 Å². The van der Waals surface area contributed by atoms with Crippen LogP contribution in [0.15, 0.2) is 42.5 Å². The van der Waals surface area contributed by atoms with E-state index in [4.69, 9.17) is 4.43 Å². The quantitative estimate of drug-likeness (QED) is 0.566. The van der Waals surface area contributed by atoms with Crippen LogP contribution < -0.4 is 5.19 Å². The lowest BCUT2D eigenvalue weighted by Crippen LogP contribution is -2.18. The Hall–Kier alpha value is -1.12. The summed E-state index contributed by atoms with van der Waals surface area (Å²) in [6.45, 7) is 3.12. The molecule has 0 spiro atoms. The summed E-state index contributed by atoms with van der Waals surface area (Å²) >= 11 is 0. The normalized spacial score (nSPS) is 11.6. The van der Waals surface area contributed by atoms with Crippen LogP contribution in [0, 0.1) is 0 Å². The van der Waals surface area contributed by atoms with Gasteiger partial charge in [-0.3, -0.25) is 0 Å². The van der Waals surface area contributed by atoms with Crippen molar-refractivity contribution in [3.63, 3.8) is 0 Å². The molecule has 2 heteroatoms. The molecule has 0 N–H and O–H groups in total. The largest absolute Gasteiger partial charge is 0.419 e. The summed E-state index contributed by atoms with van der Waals surface area (Å²) in [7, 11) is -0.554. The third kappa shape index (κ3) is 2.71. The highest BCUT2D eigenvalue weighted by atomic mass is 28.2. The molecule has 0 atom stereocenters. The predicted octanol–water partition coefficient (Wildman–Crippen LogP) is 2.37. The smallest absolute Gasteiger partial charge is 0.192 e. The Morgan fingerprint density at radius 3 is 2.75 bits per heavy atom. The molecule has 0 saturated heterocycles. The molecule has 2 aromatic rings. The summed E-state index contributed by atoms with van der Waals surface area (Å²) in [5.74, 6) is 0. The summed E-state index contributed by atoms with van der Waals surface area (Å²) in [5, 5.41) is 4.12. The van der Waals surface area contributed by atoms with Gasteiger partial charge in [-0.2, -0.15) is 0 Å². The topological polar surface area (TPSA) is 9.23 Å². The SMILES string of the molecule is CCCCO[SiH2]c1cccc2ccccc12. The second-order valence-corrected chi connectivity index (χ2v) is 5.50. The lowest BCUT2D eigenvalue weighted by atomic mass is 10.1. The minimum absolute atomic E-state index is 0.554. The molecule has 0 fully saturated rings. The Morgan fingerprint density at radius 2 is 1.88 bits per heavy atom. The Labute approximate surface area is 99.4 Å². The van der Waals surface area contributed by atoms with Gasteiger partial charge in [0.05, 0.1) is 0 Å². The van der Waals surface area contributed by atoms with E-state index < -0.39 is 9.76 Å². The van der Waals surface area contributed by atoms with Gasteiger partial charge in [-0.25, -0.2) is 0 Å². The number of hydrogen-bond donors (Lipinski definition) is 0. The van der Waals surface area contributed by atoms with Crippen LogP contribution in [0.1, 0.15) is 19.8 Å². The summed E-state index contributed by atoms with van der Waals surface area (Å²) < 4.78 is 5.81. The van der Waals surface area contributed by atoms with Crippen LogP contribution in [-0.2, 0) is 4.43 Å². The van der Waals surface area contributed by atoms with Gasteiger partial charge in [0, 0.05) is 6.61 Å². The van der Waals surface area contributed by atoms with E-state index in [-0.39, 0.29) is 0 Å². The van der Waals surface area contributed by atoms with Crippen LogP contribution in [0.2, 0.25) is 0 Å². The average molecular weight is 230 g/mol. The fraction of sp³-hybridized carbons (Fsp3) is 0.286. The third-order valence-corrected chi connectivity index (χ3v) is 4.20. The van der Waals surface area contributed by atoms with Crippen LogP contribution in [0.3, 0.4) is 0 Å². The second-order valence-electron chi connectivity index (χ2n) is 4.04. The van der Waals surface area contributed by atoms with E-state index in [1.807, 2.05) is 0 Å². The monoisotopic (exact) mass is 230 g/mol. The molecule has 0 bridgehead atoms. The minimum Gasteiger partial charge on any atom is -0.419 e. The number of unbranched alkanes of at least 4 members (excludes halogenated alkanes) is 1. The number of fused-ring (bicyclic) bond motifs is 1. The zero-order valence-corrected chi connectivity index (χ0v) is 11.2. The number of hydrogen-bond acceptors (Lipinski definition) is 1. The summed E-state index contributed by atoms with van der Waals surface area (Å²) in [5.41, 5.74) is 0. The van der Waals surface area contributed by atoms with Gasteiger partial charge in [-0.1, -0.05) is 55.8 Å². The first-order chi connectivity index (χ1) is 7.92. The molecule has 0 heterocycles. The van der Waals surface area contributed by atoms with Gasteiger partial charge in [0.2, 0.25) is 0 Å². The van der Waals surface area contributed by atoms with E-state index in [1.165, 1.54) is 28.8 Å². The lowest BCUT2D eigenvalue weighted by Gasteiger charge is -2.06. The van der Waals surface area contributed by atoms with Gasteiger partial charge in [0.15, 0.2) is 9.76 Å². The third-order valence-electron chi connectivity index (χ3n) is 2.78. The van der Waals surface area contributed by atoms with Gasteiger partial charge < -0.3 is 4.43 Å². The standard InChI is InChI=1S/C14H18OSi/c1-2-3-11-15-16-14-10-6-8-12-7-4-5-9-13(12)14/h4-10H,2-3,11,16H2,1H3. The Morgan fingerprint density at radius 1 is 1.06 bits per heavy atom. The van der Waals surface area contributed by atoms with Crippen molar-refractivity contribution in [2.75, 3.05) is 6.61 Å². The van der Waals surface area contributed by atoms with Crippen molar-refractivity contribution in [1.29, 1.82) is 0 Å². The maximum atomic E-state index is 5.81. The molecular formula is C14H18OSi. The molecule has 1 nitrogen and oxygen atoms in total. The molecular weight excluding hydrogens is 212 g/mol. The Balaban J connectivity index is 2.11. The molecule has 16 heavy (non-hydrogen) atoms. The maximum absolute atomic E-state index is 5.81. The molecule has 0 aliphatic heterocycles. The molecule has 0 saturated carbocycles. The van der Waals surface area contributed by atoms with Crippen molar-refractivity contribution in [3.05, 3.63) is 42.5 Å². The summed E-state index contributed by atoms with van der Waals surface area (Å²) in [6, 6.07) is 15.1. The molecule has 2 aromatic carbocycles. The first kappa shape index (κ1) is 11.4. The van der Waals surface area contributed by atoms with Crippen molar-refractivity contribution in [2.45, 2.75) is 19.8 Å². The van der Waals surface area contributed by atoms with Crippen LogP contribution >= 0.6 is 0 Å². The van der Waals surface area contributed by atoms with Gasteiger partial charge in [-0.15, -0.1) is 0 Å². The molecule has 0 unspecified atom stereocenters. The Bertz CT molecular complexity index is 448. The molecule has 0 aliphatic rings. The van der Waals surface area contributed by atoms with Crippen molar-refractivity contribution in [1.82, 2.24) is 0 Å². The van der Waals surface area contributed by atoms with Gasteiger partial charge in [-0.05, 0) is 22.4 Å². The molecule has 0 radical (unpaired) electrons. The van der Waals surface area contributed by atoms with E-state index in [2.05, 4.69) is 49.4 Å². The Kier molecular flexibility index (Phi) is 4.14. The second kappa shape index (κ2) is 5.82. The van der Waals surface area contributed by atoms with Crippen LogP contribution in [0.4, 0.5) is 0 Å². The lowest BCUT2D eigenvalue weighted by molar-refractivity contribution is 0.332. The molecule has 84 valence electrons. The van der Waals surface area contributed by atoms with Crippen molar-refractivity contribution < 1.29 is 4.43 Å². The van der Waals surface area contributed by atoms with E-state index >= 15 is 0 Å². The highest BCUT2D eigenvalue weighted by Crippen LogP contribution is 2.10. The van der Waals surface area contributed by atoms with E-state index in [1.54, 1.807) is 0 Å². The fourth-order valence-corrected chi connectivity index (χ4v) is 3.13. The van der Waals surface area contributed by atoms with Crippen LogP contribution in [0.5, 0.6) is 0 Å². The molecule has 0 aliphatic carbocycles. The van der Waals surface area contributed by atoms with Crippen molar-refractivity contribution >= 4 is 25.7 Å². The number of benzene rings is 2. The van der Waals surface area contributed by atoms with Gasteiger partial charge >= 0.3 is 0 Å². The van der Waals surface area contributed by atoms with Gasteiger partial charge in [0.1, 0.15) is 0 Å². The van der Waals surface area contributed by atoms with E-state index in [9.17, 15) is 0 Å². The molecule has 2 rings (SSSR count). The maximum Gasteiger partial charge on any atom is 0.192 e. The van der Waals surface area contributed by atoms with Crippen LogP contribution in [0.25, 0.3) is 10.8 Å². The highest BCUT2D eigenvalue weighted by molar-refractivity contribution is 6.51. The zero-order valence-electron chi connectivity index (χ0n) is 9.78. The highest BCUT2D eigenvalue weighted by Gasteiger charge is 2.00. The van der Waals surface area contributed by atoms with E-state index in [0.29, 0.717) is 0 Å². The number of rotatable bonds is 5. The zero-order chi connectivity index (χ0) is 11.2. The van der Waals surface area contributed by atoms with Crippen molar-refractivity contribution in [2.24, 2.45) is 0 Å². The summed E-state index contributed by atoms with van der Waals surface area (Å²) in [4.78, 5) is 0. The first-order valence-corrected chi connectivity index (χ1v) is 7.24. The minimum atomic E-state index is -0.554. The van der Waals surface area contributed by atoms with Gasteiger partial charge in [0.25, 0.3) is 0 Å². The fourth-order valence-electron chi connectivity index (χ4n) is 1.85. The van der Waals surface area contributed by atoms with Crippen molar-refractivity contribution in [3.8, 4) is 0 Å². The average Bonchev–Trinajstić information content (AvgIpc) is 2.35. The molecule has 0 aromatic heterocycles. The first-order valence-electron chi connectivity index (χ1n) is 5.96. The summed E-state index contributed by atoms with van der Waals surface area (Å²) in [6.07, 6.45) is 2.39. The predicted molar refractivity (Wildman–Crippen MR) is 73.0 cm³/mol. The van der Waals surface area contributed by atoms with E-state index in [0.717, 1.165) is 6.61 Å².